The summed E-state index contributed by atoms with van der Waals surface area (Å²) in [6, 6.07) is 4.78. The van der Waals surface area contributed by atoms with Crippen LogP contribution in [0.1, 0.15) is 12.0 Å². The smallest absolute Gasteiger partial charge is 0.292 e. The second kappa shape index (κ2) is 5.81. The molecule has 0 aliphatic carbocycles. The summed E-state index contributed by atoms with van der Waals surface area (Å²) in [4.78, 5) is 10.3. The average molecular weight is 272 g/mol. The summed E-state index contributed by atoms with van der Waals surface area (Å²) in [5.41, 5.74) is 1.33. The highest BCUT2D eigenvalue weighted by Gasteiger charge is 2.12. The van der Waals surface area contributed by atoms with Crippen LogP contribution in [0.4, 0.5) is 11.4 Å². The zero-order chi connectivity index (χ0) is 13.8. The van der Waals surface area contributed by atoms with Crippen molar-refractivity contribution >= 4 is 21.2 Å². The molecular formula is C11H16N2O4S. The lowest BCUT2D eigenvalue weighted by molar-refractivity contribution is -0.384. The lowest BCUT2D eigenvalue weighted by Gasteiger charge is -2.07. The molecule has 0 aliphatic rings. The third-order valence-electron chi connectivity index (χ3n) is 2.36. The van der Waals surface area contributed by atoms with E-state index in [4.69, 9.17) is 0 Å². The van der Waals surface area contributed by atoms with Crippen LogP contribution in [0.15, 0.2) is 18.2 Å². The van der Waals surface area contributed by atoms with E-state index in [1.54, 1.807) is 12.1 Å². The van der Waals surface area contributed by atoms with Gasteiger partial charge in [0, 0.05) is 18.9 Å². The van der Waals surface area contributed by atoms with Gasteiger partial charge in [-0.25, -0.2) is 8.42 Å². The van der Waals surface area contributed by atoms with Crippen molar-refractivity contribution in [2.24, 2.45) is 0 Å². The maximum atomic E-state index is 10.9. The summed E-state index contributed by atoms with van der Waals surface area (Å²) >= 11 is 0. The number of anilines is 1. The molecule has 1 aromatic carbocycles. The first-order valence-corrected chi connectivity index (χ1v) is 7.52. The Kier molecular flexibility index (Phi) is 4.66. The van der Waals surface area contributed by atoms with Gasteiger partial charge in [-0.05, 0) is 25.0 Å². The number of benzene rings is 1. The molecule has 0 fully saturated rings. The Morgan fingerprint density at radius 3 is 2.61 bits per heavy atom. The molecule has 0 atom stereocenters. The Balaban J connectivity index is 2.66. The van der Waals surface area contributed by atoms with Gasteiger partial charge in [0.2, 0.25) is 0 Å². The van der Waals surface area contributed by atoms with Crippen molar-refractivity contribution in [2.75, 3.05) is 23.9 Å². The number of nitro groups is 1. The number of nitro benzene ring substituents is 1. The molecule has 0 heterocycles. The van der Waals surface area contributed by atoms with E-state index in [1.807, 2.05) is 6.92 Å². The van der Waals surface area contributed by atoms with E-state index in [0.717, 1.165) is 5.56 Å². The molecule has 0 saturated carbocycles. The minimum absolute atomic E-state index is 0.0000411. The van der Waals surface area contributed by atoms with Gasteiger partial charge in [-0.1, -0.05) is 6.07 Å². The van der Waals surface area contributed by atoms with Crippen LogP contribution >= 0.6 is 0 Å². The van der Waals surface area contributed by atoms with Crippen LogP contribution < -0.4 is 5.32 Å². The predicted octanol–water partition coefficient (Wildman–Crippen LogP) is 1.75. The van der Waals surface area contributed by atoms with Crippen molar-refractivity contribution in [3.8, 4) is 0 Å². The zero-order valence-electron chi connectivity index (χ0n) is 10.3. The zero-order valence-corrected chi connectivity index (χ0v) is 11.2. The van der Waals surface area contributed by atoms with Crippen LogP contribution in [0.3, 0.4) is 0 Å². The Morgan fingerprint density at radius 1 is 1.39 bits per heavy atom. The van der Waals surface area contributed by atoms with Crippen LogP contribution in [-0.4, -0.2) is 31.9 Å². The third kappa shape index (κ3) is 4.70. The summed E-state index contributed by atoms with van der Waals surface area (Å²) in [6.07, 6.45) is 1.59. The van der Waals surface area contributed by atoms with Crippen molar-refractivity contribution in [1.82, 2.24) is 0 Å². The lowest BCUT2D eigenvalue weighted by atomic mass is 10.2. The number of sulfone groups is 1. The number of nitrogens with zero attached hydrogens (tertiary/aromatic N) is 1. The van der Waals surface area contributed by atoms with Crippen LogP contribution in [0.5, 0.6) is 0 Å². The molecule has 7 heteroatoms. The predicted molar refractivity (Wildman–Crippen MR) is 70.7 cm³/mol. The highest BCUT2D eigenvalue weighted by atomic mass is 32.2. The molecule has 0 aliphatic heterocycles. The Hall–Kier alpha value is -1.63. The Morgan fingerprint density at radius 2 is 2.06 bits per heavy atom. The van der Waals surface area contributed by atoms with Gasteiger partial charge < -0.3 is 5.32 Å². The first kappa shape index (κ1) is 14.4. The topological polar surface area (TPSA) is 89.3 Å². The third-order valence-corrected chi connectivity index (χ3v) is 3.39. The van der Waals surface area contributed by atoms with Crippen LogP contribution in [0, 0.1) is 17.0 Å². The molecule has 0 bridgehead atoms. The minimum Gasteiger partial charge on any atom is -0.379 e. The number of rotatable bonds is 6. The molecule has 0 spiro atoms. The monoisotopic (exact) mass is 272 g/mol. The molecule has 6 nitrogen and oxygen atoms in total. The van der Waals surface area contributed by atoms with Gasteiger partial charge in [-0.15, -0.1) is 0 Å². The summed E-state index contributed by atoms with van der Waals surface area (Å²) in [6.45, 7) is 2.22. The first-order chi connectivity index (χ1) is 8.29. The summed E-state index contributed by atoms with van der Waals surface area (Å²) in [5.74, 6) is 0.0691. The van der Waals surface area contributed by atoms with Crippen molar-refractivity contribution in [1.29, 1.82) is 0 Å². The van der Waals surface area contributed by atoms with Crippen molar-refractivity contribution in [3.63, 3.8) is 0 Å². The van der Waals surface area contributed by atoms with Crippen LogP contribution in [-0.2, 0) is 9.84 Å². The van der Waals surface area contributed by atoms with Crippen molar-refractivity contribution in [3.05, 3.63) is 33.9 Å². The van der Waals surface area contributed by atoms with Gasteiger partial charge >= 0.3 is 0 Å². The van der Waals surface area contributed by atoms with Gasteiger partial charge in [-0.2, -0.15) is 0 Å². The normalized spacial score (nSPS) is 11.2. The maximum absolute atomic E-state index is 10.9. The van der Waals surface area contributed by atoms with E-state index in [-0.39, 0.29) is 11.4 Å². The van der Waals surface area contributed by atoms with Gasteiger partial charge in [0.1, 0.15) is 15.5 Å². The molecular weight excluding hydrogens is 256 g/mol. The Bertz CT molecular complexity index is 540. The van der Waals surface area contributed by atoms with Gasteiger partial charge in [0.25, 0.3) is 5.69 Å². The highest BCUT2D eigenvalue weighted by molar-refractivity contribution is 7.90. The number of hydrogen-bond acceptors (Lipinski definition) is 5. The number of nitrogens with one attached hydrogen (secondary N) is 1. The standard InChI is InChI=1S/C11H16N2O4S/c1-9-4-5-11(13(14)15)10(8-9)12-6-3-7-18(2,16)17/h4-5,8,12H,3,6-7H2,1-2H3. The van der Waals surface area contributed by atoms with E-state index in [0.29, 0.717) is 18.7 Å². The van der Waals surface area contributed by atoms with E-state index >= 15 is 0 Å². The number of hydrogen-bond donors (Lipinski definition) is 1. The first-order valence-electron chi connectivity index (χ1n) is 5.46. The summed E-state index contributed by atoms with van der Waals surface area (Å²) in [5, 5.41) is 13.7. The van der Waals surface area contributed by atoms with Gasteiger partial charge in [0.15, 0.2) is 0 Å². The molecule has 100 valence electrons. The average Bonchev–Trinajstić information content (AvgIpc) is 2.22. The Labute approximate surface area is 106 Å². The lowest BCUT2D eigenvalue weighted by Crippen LogP contribution is -2.10. The van der Waals surface area contributed by atoms with E-state index in [9.17, 15) is 18.5 Å². The molecule has 1 aromatic rings. The highest BCUT2D eigenvalue weighted by Crippen LogP contribution is 2.24. The second-order valence-corrected chi connectivity index (χ2v) is 6.45. The van der Waals surface area contributed by atoms with E-state index < -0.39 is 14.8 Å². The van der Waals surface area contributed by atoms with Crippen LogP contribution in [0.25, 0.3) is 0 Å². The van der Waals surface area contributed by atoms with E-state index in [2.05, 4.69) is 5.32 Å². The molecule has 0 saturated heterocycles. The largest absolute Gasteiger partial charge is 0.379 e. The maximum Gasteiger partial charge on any atom is 0.292 e. The van der Waals surface area contributed by atoms with E-state index in [1.165, 1.54) is 12.3 Å². The summed E-state index contributed by atoms with van der Waals surface area (Å²) in [7, 11) is -2.99. The molecule has 1 N–H and O–H groups in total. The fourth-order valence-corrected chi connectivity index (χ4v) is 2.18. The fraction of sp³-hybridized carbons (Fsp3) is 0.455. The number of aryl methyl sites for hydroxylation is 1. The fourth-order valence-electron chi connectivity index (χ4n) is 1.51. The molecule has 0 unspecified atom stereocenters. The molecule has 0 radical (unpaired) electrons. The summed E-state index contributed by atoms with van der Waals surface area (Å²) < 4.78 is 21.9. The quantitative estimate of drug-likeness (QED) is 0.484. The SMILES string of the molecule is Cc1ccc([N+](=O)[O-])c(NCCCS(C)(=O)=O)c1. The molecule has 0 amide bonds. The second-order valence-electron chi connectivity index (χ2n) is 4.19. The van der Waals surface area contributed by atoms with Crippen LogP contribution in [0.2, 0.25) is 0 Å². The van der Waals surface area contributed by atoms with Gasteiger partial charge in [0.05, 0.1) is 10.7 Å². The molecule has 0 aromatic heterocycles. The van der Waals surface area contributed by atoms with Crippen molar-refractivity contribution < 1.29 is 13.3 Å². The minimum atomic E-state index is -2.99. The molecule has 1 rings (SSSR count). The van der Waals surface area contributed by atoms with Gasteiger partial charge in [-0.3, -0.25) is 10.1 Å². The molecule has 18 heavy (non-hydrogen) atoms. The van der Waals surface area contributed by atoms with Crippen molar-refractivity contribution in [2.45, 2.75) is 13.3 Å².